The van der Waals surface area contributed by atoms with Gasteiger partial charge in [-0.2, -0.15) is 0 Å². The van der Waals surface area contributed by atoms with Crippen LogP contribution in [0.5, 0.6) is 11.5 Å². The van der Waals surface area contributed by atoms with Gasteiger partial charge in [0.1, 0.15) is 11.5 Å². The van der Waals surface area contributed by atoms with E-state index >= 15 is 0 Å². The molecule has 2 rings (SSSR count). The predicted molar refractivity (Wildman–Crippen MR) is 70.7 cm³/mol. The van der Waals surface area contributed by atoms with Crippen LogP contribution in [-0.2, 0) is 0 Å². The number of hydrogen-bond donors (Lipinski definition) is 4. The number of thiol groups is 2. The summed E-state index contributed by atoms with van der Waals surface area (Å²) in [4.78, 5) is 0.686. The van der Waals surface area contributed by atoms with E-state index in [9.17, 15) is 0 Å². The Morgan fingerprint density at radius 3 is 1.12 bits per heavy atom. The Balaban J connectivity index is 0.000000181. The third-order valence-electron chi connectivity index (χ3n) is 1.74. The van der Waals surface area contributed by atoms with E-state index in [0.29, 0.717) is 9.79 Å². The molecule has 2 nitrogen and oxygen atoms in total. The van der Waals surface area contributed by atoms with Gasteiger partial charge in [0.05, 0.1) is 0 Å². The minimum atomic E-state index is 0.0196. The maximum Gasteiger partial charge on any atom is 0.130 e. The second-order valence-electron chi connectivity index (χ2n) is 2.98. The van der Waals surface area contributed by atoms with Gasteiger partial charge in [0.15, 0.2) is 0 Å². The molecule has 0 aliphatic rings. The molecule has 2 aromatic carbocycles. The molecule has 0 fully saturated rings. The number of hydrogen-bond acceptors (Lipinski definition) is 4. The standard InChI is InChI=1S/C6H6O2S2.C6H6/c7-3-1-5(9)4(8)2-6(3)10;1-2-4-6-5-3-1/h1-2,7-10H;1-6H. The van der Waals surface area contributed by atoms with Gasteiger partial charge in [-0.1, -0.05) is 36.4 Å². The Morgan fingerprint density at radius 1 is 0.625 bits per heavy atom. The molecule has 0 aliphatic heterocycles. The second-order valence-corrected chi connectivity index (χ2v) is 3.95. The van der Waals surface area contributed by atoms with E-state index in [1.165, 1.54) is 12.1 Å². The highest BCUT2D eigenvalue weighted by Gasteiger charge is 2.01. The molecule has 16 heavy (non-hydrogen) atoms. The summed E-state index contributed by atoms with van der Waals surface area (Å²) < 4.78 is 0. The van der Waals surface area contributed by atoms with Crippen molar-refractivity contribution in [3.63, 3.8) is 0 Å². The van der Waals surface area contributed by atoms with E-state index in [1.54, 1.807) is 0 Å². The largest absolute Gasteiger partial charge is 0.507 e. The Bertz CT molecular complexity index is 367. The van der Waals surface area contributed by atoms with E-state index < -0.39 is 0 Å². The molecule has 2 aromatic rings. The molecule has 84 valence electrons. The van der Waals surface area contributed by atoms with E-state index in [0.717, 1.165) is 0 Å². The topological polar surface area (TPSA) is 40.5 Å². The lowest BCUT2D eigenvalue weighted by atomic mass is 10.3. The van der Waals surface area contributed by atoms with E-state index in [1.807, 2.05) is 36.4 Å². The molecule has 0 heterocycles. The highest BCUT2D eigenvalue weighted by molar-refractivity contribution is 7.80. The van der Waals surface area contributed by atoms with Gasteiger partial charge in [-0.15, -0.1) is 25.3 Å². The molecule has 0 radical (unpaired) electrons. The Kier molecular flexibility index (Phi) is 5.08. The van der Waals surface area contributed by atoms with Crippen molar-refractivity contribution >= 4 is 25.3 Å². The highest BCUT2D eigenvalue weighted by Crippen LogP contribution is 2.31. The fourth-order valence-electron chi connectivity index (χ4n) is 0.940. The van der Waals surface area contributed by atoms with Gasteiger partial charge in [0.2, 0.25) is 0 Å². The molecule has 0 bridgehead atoms. The average molecular weight is 252 g/mol. The first kappa shape index (κ1) is 12.8. The van der Waals surface area contributed by atoms with Crippen molar-refractivity contribution in [2.75, 3.05) is 0 Å². The van der Waals surface area contributed by atoms with E-state index in [2.05, 4.69) is 25.3 Å². The number of phenols is 2. The predicted octanol–water partition coefficient (Wildman–Crippen LogP) is 3.36. The van der Waals surface area contributed by atoms with Gasteiger partial charge >= 0.3 is 0 Å². The lowest BCUT2D eigenvalue weighted by molar-refractivity contribution is 0.439. The zero-order valence-corrected chi connectivity index (χ0v) is 10.2. The van der Waals surface area contributed by atoms with Crippen molar-refractivity contribution in [2.24, 2.45) is 0 Å². The van der Waals surface area contributed by atoms with E-state index in [-0.39, 0.29) is 11.5 Å². The molecule has 0 amide bonds. The van der Waals surface area contributed by atoms with Gasteiger partial charge in [-0.25, -0.2) is 0 Å². The van der Waals surface area contributed by atoms with Crippen LogP contribution in [0.4, 0.5) is 0 Å². The normalized spacial score (nSPS) is 9.12. The minimum Gasteiger partial charge on any atom is -0.507 e. The molecular weight excluding hydrogens is 240 g/mol. The van der Waals surface area contributed by atoms with E-state index in [4.69, 9.17) is 10.2 Å². The van der Waals surface area contributed by atoms with Gasteiger partial charge in [0.25, 0.3) is 0 Å². The molecule has 0 unspecified atom stereocenters. The summed E-state index contributed by atoms with van der Waals surface area (Å²) in [5.74, 6) is 0.0391. The van der Waals surface area contributed by atoms with Crippen molar-refractivity contribution in [1.29, 1.82) is 0 Å². The van der Waals surface area contributed by atoms with Crippen LogP contribution in [0.1, 0.15) is 0 Å². The summed E-state index contributed by atoms with van der Waals surface area (Å²) in [6.07, 6.45) is 0. The average Bonchev–Trinajstić information content (AvgIpc) is 2.30. The van der Waals surface area contributed by atoms with Crippen molar-refractivity contribution in [3.05, 3.63) is 48.5 Å². The number of benzene rings is 2. The van der Waals surface area contributed by atoms with Gasteiger partial charge in [-0.05, 0) is 12.1 Å². The van der Waals surface area contributed by atoms with Gasteiger partial charge < -0.3 is 10.2 Å². The quantitative estimate of drug-likeness (QED) is 0.429. The lowest BCUT2D eigenvalue weighted by Crippen LogP contribution is -1.72. The van der Waals surface area contributed by atoms with Crippen LogP contribution in [-0.4, -0.2) is 10.2 Å². The summed E-state index contributed by atoms with van der Waals surface area (Å²) in [6, 6.07) is 14.7. The molecule has 0 atom stereocenters. The molecule has 0 saturated heterocycles. The van der Waals surface area contributed by atoms with Crippen molar-refractivity contribution < 1.29 is 10.2 Å². The Morgan fingerprint density at radius 2 is 0.875 bits per heavy atom. The summed E-state index contributed by atoms with van der Waals surface area (Å²) in [5.41, 5.74) is 0. The smallest absolute Gasteiger partial charge is 0.130 e. The van der Waals surface area contributed by atoms with Gasteiger partial charge in [-0.3, -0.25) is 0 Å². The third kappa shape index (κ3) is 4.08. The molecule has 0 aliphatic carbocycles. The van der Waals surface area contributed by atoms with Crippen LogP contribution in [0.25, 0.3) is 0 Å². The van der Waals surface area contributed by atoms with Crippen LogP contribution in [0, 0.1) is 0 Å². The van der Waals surface area contributed by atoms with Crippen molar-refractivity contribution in [3.8, 4) is 11.5 Å². The first-order valence-corrected chi connectivity index (χ1v) is 5.44. The third-order valence-corrected chi connectivity index (χ3v) is 2.45. The summed E-state index contributed by atoms with van der Waals surface area (Å²) in [5, 5.41) is 18.0. The molecule has 0 aromatic heterocycles. The molecule has 0 saturated carbocycles. The molecule has 0 spiro atoms. The van der Waals surface area contributed by atoms with Crippen LogP contribution >= 0.6 is 25.3 Å². The lowest BCUT2D eigenvalue weighted by Gasteiger charge is -2.00. The zero-order valence-electron chi connectivity index (χ0n) is 8.41. The number of aromatic hydroxyl groups is 2. The highest BCUT2D eigenvalue weighted by atomic mass is 32.1. The zero-order chi connectivity index (χ0) is 12.0. The molecule has 2 N–H and O–H groups in total. The Labute approximate surface area is 105 Å². The molecular formula is C12H12O2S2. The fourth-order valence-corrected chi connectivity index (χ4v) is 1.31. The number of rotatable bonds is 0. The van der Waals surface area contributed by atoms with Crippen LogP contribution in [0.2, 0.25) is 0 Å². The Hall–Kier alpha value is -1.26. The minimum absolute atomic E-state index is 0.0196. The SMILES string of the molecule is Oc1cc(S)c(O)cc1S.c1ccccc1. The maximum absolute atomic E-state index is 8.99. The van der Waals surface area contributed by atoms with Crippen LogP contribution in [0.15, 0.2) is 58.3 Å². The molecule has 4 heteroatoms. The summed E-state index contributed by atoms with van der Waals surface area (Å²) in [6.45, 7) is 0. The summed E-state index contributed by atoms with van der Waals surface area (Å²) >= 11 is 7.74. The monoisotopic (exact) mass is 252 g/mol. The maximum atomic E-state index is 8.99. The van der Waals surface area contributed by atoms with Gasteiger partial charge in [0, 0.05) is 9.79 Å². The fraction of sp³-hybridized carbons (Fsp3) is 0. The van der Waals surface area contributed by atoms with Crippen molar-refractivity contribution in [2.45, 2.75) is 9.79 Å². The second kappa shape index (κ2) is 6.35. The number of phenolic OH excluding ortho intramolecular Hbond substituents is 2. The first-order valence-electron chi connectivity index (χ1n) is 4.55. The first-order chi connectivity index (χ1) is 7.61. The summed E-state index contributed by atoms with van der Waals surface area (Å²) in [7, 11) is 0. The van der Waals surface area contributed by atoms with Crippen LogP contribution in [0.3, 0.4) is 0 Å². The van der Waals surface area contributed by atoms with Crippen molar-refractivity contribution in [1.82, 2.24) is 0 Å². The van der Waals surface area contributed by atoms with Crippen LogP contribution < -0.4 is 0 Å².